The van der Waals surface area contributed by atoms with Crippen LogP contribution in [0, 0.1) is 0 Å². The number of ether oxygens (including phenoxy) is 1. The second kappa shape index (κ2) is 6.93. The van der Waals surface area contributed by atoms with Crippen LogP contribution in [0.25, 0.3) is 0 Å². The Balaban J connectivity index is 2.11. The molecular formula is C14H18N2O3S2. The number of benzene rings is 1. The summed E-state index contributed by atoms with van der Waals surface area (Å²) in [5.74, 6) is 0.682. The lowest BCUT2D eigenvalue weighted by Crippen LogP contribution is -2.12. The van der Waals surface area contributed by atoms with Crippen molar-refractivity contribution in [2.24, 2.45) is 0 Å². The van der Waals surface area contributed by atoms with Crippen LogP contribution in [0.4, 0.5) is 5.69 Å². The van der Waals surface area contributed by atoms with Crippen LogP contribution in [0.5, 0.6) is 5.75 Å². The van der Waals surface area contributed by atoms with Gasteiger partial charge in [-0.25, -0.2) is 8.42 Å². The van der Waals surface area contributed by atoms with Crippen molar-refractivity contribution in [3.05, 3.63) is 40.6 Å². The predicted molar refractivity (Wildman–Crippen MR) is 85.5 cm³/mol. The first kappa shape index (κ1) is 15.8. The highest BCUT2D eigenvalue weighted by Crippen LogP contribution is 2.23. The SMILES string of the molecule is CCNCc1cc(S(=O)(=O)Nc2ccc(OC)cc2)cs1. The monoisotopic (exact) mass is 326 g/mol. The summed E-state index contributed by atoms with van der Waals surface area (Å²) < 4.78 is 32.2. The van der Waals surface area contributed by atoms with E-state index in [-0.39, 0.29) is 4.90 Å². The number of hydrogen-bond acceptors (Lipinski definition) is 5. The van der Waals surface area contributed by atoms with Gasteiger partial charge in [0, 0.05) is 22.5 Å². The maximum atomic E-state index is 12.3. The maximum absolute atomic E-state index is 12.3. The molecule has 0 aliphatic carbocycles. The zero-order valence-corrected chi connectivity index (χ0v) is 13.6. The van der Waals surface area contributed by atoms with Crippen LogP contribution >= 0.6 is 11.3 Å². The largest absolute Gasteiger partial charge is 0.497 e. The highest BCUT2D eigenvalue weighted by atomic mass is 32.2. The molecule has 2 N–H and O–H groups in total. The summed E-state index contributed by atoms with van der Waals surface area (Å²) in [6.45, 7) is 3.54. The lowest BCUT2D eigenvalue weighted by molar-refractivity contribution is 0.415. The van der Waals surface area contributed by atoms with E-state index in [9.17, 15) is 8.42 Å². The summed E-state index contributed by atoms with van der Waals surface area (Å²) in [7, 11) is -1.98. The summed E-state index contributed by atoms with van der Waals surface area (Å²) in [6.07, 6.45) is 0. The molecule has 1 aromatic carbocycles. The normalized spacial score (nSPS) is 11.3. The second-order valence-electron chi connectivity index (χ2n) is 4.36. The topological polar surface area (TPSA) is 67.4 Å². The van der Waals surface area contributed by atoms with Gasteiger partial charge in [-0.2, -0.15) is 0 Å². The molecular weight excluding hydrogens is 308 g/mol. The number of rotatable bonds is 7. The van der Waals surface area contributed by atoms with Crippen molar-refractivity contribution in [1.29, 1.82) is 0 Å². The quantitative estimate of drug-likeness (QED) is 0.821. The Morgan fingerprint density at radius 1 is 1.24 bits per heavy atom. The molecule has 7 heteroatoms. The number of anilines is 1. The van der Waals surface area contributed by atoms with Gasteiger partial charge in [0.1, 0.15) is 5.75 Å². The molecule has 0 amide bonds. The van der Waals surface area contributed by atoms with E-state index in [4.69, 9.17) is 4.74 Å². The molecule has 1 aromatic heterocycles. The van der Waals surface area contributed by atoms with Crippen LogP contribution in [0.15, 0.2) is 40.6 Å². The van der Waals surface area contributed by atoms with Crippen LogP contribution in [-0.2, 0) is 16.6 Å². The lowest BCUT2D eigenvalue weighted by atomic mass is 10.3. The average Bonchev–Trinajstić information content (AvgIpc) is 2.95. The van der Waals surface area contributed by atoms with Crippen molar-refractivity contribution >= 4 is 27.0 Å². The second-order valence-corrected chi connectivity index (χ2v) is 7.04. The van der Waals surface area contributed by atoms with Crippen molar-refractivity contribution < 1.29 is 13.2 Å². The third-order valence-electron chi connectivity index (χ3n) is 2.83. The Morgan fingerprint density at radius 3 is 2.57 bits per heavy atom. The first-order valence-corrected chi connectivity index (χ1v) is 8.86. The summed E-state index contributed by atoms with van der Waals surface area (Å²) in [5, 5.41) is 4.82. The van der Waals surface area contributed by atoms with E-state index in [0.717, 1.165) is 11.4 Å². The van der Waals surface area contributed by atoms with E-state index in [1.54, 1.807) is 42.8 Å². The van der Waals surface area contributed by atoms with E-state index in [0.29, 0.717) is 18.0 Å². The minimum Gasteiger partial charge on any atom is -0.497 e. The van der Waals surface area contributed by atoms with Crippen molar-refractivity contribution in [3.8, 4) is 5.75 Å². The molecule has 0 bridgehead atoms. The predicted octanol–water partition coefficient (Wildman–Crippen LogP) is 2.67. The summed E-state index contributed by atoms with van der Waals surface area (Å²) in [5.41, 5.74) is 0.509. The fraction of sp³-hybridized carbons (Fsp3) is 0.286. The minimum absolute atomic E-state index is 0.288. The molecule has 1 heterocycles. The van der Waals surface area contributed by atoms with Crippen molar-refractivity contribution in [2.75, 3.05) is 18.4 Å². The lowest BCUT2D eigenvalue weighted by Gasteiger charge is -2.07. The standard InChI is InChI=1S/C14H18N2O3S2/c1-3-15-9-13-8-14(10-20-13)21(17,18)16-11-4-6-12(19-2)7-5-11/h4-8,10,15-16H,3,9H2,1-2H3. The van der Waals surface area contributed by atoms with Gasteiger partial charge in [0.05, 0.1) is 12.0 Å². The van der Waals surface area contributed by atoms with Crippen molar-refractivity contribution in [1.82, 2.24) is 5.32 Å². The zero-order chi connectivity index (χ0) is 15.3. The Morgan fingerprint density at radius 2 is 1.95 bits per heavy atom. The Labute approximate surface area is 129 Å². The van der Waals surface area contributed by atoms with Gasteiger partial charge in [-0.3, -0.25) is 4.72 Å². The van der Waals surface area contributed by atoms with Gasteiger partial charge in [-0.15, -0.1) is 11.3 Å². The van der Waals surface area contributed by atoms with E-state index >= 15 is 0 Å². The fourth-order valence-electron chi connectivity index (χ4n) is 1.72. The molecule has 0 radical (unpaired) electrons. The highest BCUT2D eigenvalue weighted by Gasteiger charge is 2.16. The van der Waals surface area contributed by atoms with Crippen LogP contribution in [0.2, 0.25) is 0 Å². The van der Waals surface area contributed by atoms with E-state index in [2.05, 4.69) is 10.0 Å². The van der Waals surface area contributed by atoms with Crippen LogP contribution < -0.4 is 14.8 Å². The molecule has 0 saturated heterocycles. The van der Waals surface area contributed by atoms with Gasteiger partial charge < -0.3 is 10.1 Å². The van der Waals surface area contributed by atoms with E-state index in [1.807, 2.05) is 6.92 Å². The first-order chi connectivity index (χ1) is 10.0. The van der Waals surface area contributed by atoms with Gasteiger partial charge in [0.2, 0.25) is 0 Å². The fourth-order valence-corrected chi connectivity index (χ4v) is 4.02. The number of nitrogens with one attached hydrogen (secondary N) is 2. The smallest absolute Gasteiger partial charge is 0.262 e. The number of hydrogen-bond donors (Lipinski definition) is 2. The van der Waals surface area contributed by atoms with Crippen molar-refractivity contribution in [3.63, 3.8) is 0 Å². The molecule has 2 rings (SSSR count). The molecule has 0 atom stereocenters. The molecule has 21 heavy (non-hydrogen) atoms. The first-order valence-electron chi connectivity index (χ1n) is 6.50. The third kappa shape index (κ3) is 4.20. The zero-order valence-electron chi connectivity index (χ0n) is 11.9. The minimum atomic E-state index is -3.55. The molecule has 0 unspecified atom stereocenters. The Kier molecular flexibility index (Phi) is 5.22. The van der Waals surface area contributed by atoms with Gasteiger partial charge in [0.25, 0.3) is 10.0 Å². The van der Waals surface area contributed by atoms with E-state index < -0.39 is 10.0 Å². The number of methoxy groups -OCH3 is 1. The Hall–Kier alpha value is -1.57. The average molecular weight is 326 g/mol. The van der Waals surface area contributed by atoms with Crippen molar-refractivity contribution in [2.45, 2.75) is 18.4 Å². The van der Waals surface area contributed by atoms with E-state index in [1.165, 1.54) is 11.3 Å². The molecule has 5 nitrogen and oxygen atoms in total. The molecule has 114 valence electrons. The van der Waals surface area contributed by atoms with Gasteiger partial charge in [-0.05, 0) is 36.9 Å². The van der Waals surface area contributed by atoms with Gasteiger partial charge >= 0.3 is 0 Å². The molecule has 0 fully saturated rings. The highest BCUT2D eigenvalue weighted by molar-refractivity contribution is 7.92. The van der Waals surface area contributed by atoms with Gasteiger partial charge in [0.15, 0.2) is 0 Å². The summed E-state index contributed by atoms with van der Waals surface area (Å²) in [4.78, 5) is 1.28. The third-order valence-corrected chi connectivity index (χ3v) is 5.28. The molecule has 0 aliphatic heterocycles. The molecule has 0 saturated carbocycles. The van der Waals surface area contributed by atoms with Crippen LogP contribution in [-0.4, -0.2) is 22.1 Å². The molecule has 0 aliphatic rings. The summed E-state index contributed by atoms with van der Waals surface area (Å²) in [6, 6.07) is 8.45. The molecule has 2 aromatic rings. The van der Waals surface area contributed by atoms with Crippen LogP contribution in [0.1, 0.15) is 11.8 Å². The van der Waals surface area contributed by atoms with Crippen LogP contribution in [0.3, 0.4) is 0 Å². The molecule has 0 spiro atoms. The maximum Gasteiger partial charge on any atom is 0.262 e. The summed E-state index contributed by atoms with van der Waals surface area (Å²) >= 11 is 1.43. The van der Waals surface area contributed by atoms with Gasteiger partial charge in [-0.1, -0.05) is 6.92 Å². The Bertz CT molecular complexity index is 678. The number of thiophene rings is 1. The number of sulfonamides is 1.